The van der Waals surface area contributed by atoms with E-state index in [0.717, 1.165) is 5.56 Å². The van der Waals surface area contributed by atoms with E-state index in [1.807, 2.05) is 6.07 Å². The topological polar surface area (TPSA) is 62.7 Å². The van der Waals surface area contributed by atoms with Crippen LogP contribution in [0.3, 0.4) is 0 Å². The number of benzene rings is 2. The first-order valence-corrected chi connectivity index (χ1v) is 11.2. The van der Waals surface area contributed by atoms with Gasteiger partial charge in [-0.05, 0) is 23.3 Å². The van der Waals surface area contributed by atoms with Crippen molar-refractivity contribution in [3.63, 3.8) is 0 Å². The molecule has 8 heteroatoms. The number of nitrogens with zero attached hydrogens (tertiary/aromatic N) is 2. The molecule has 2 aromatic rings. The van der Waals surface area contributed by atoms with Crippen molar-refractivity contribution in [1.29, 1.82) is 0 Å². The predicted octanol–water partition coefficient (Wildman–Crippen LogP) is 5.19. The third kappa shape index (κ3) is 8.41. The first-order valence-electron chi connectivity index (χ1n) is 7.66. The highest BCUT2D eigenvalue weighted by Crippen LogP contribution is 2.23. The molecule has 0 aliphatic rings. The molecule has 0 unspecified atom stereocenters. The minimum Gasteiger partial charge on any atom is -0.369 e. The van der Waals surface area contributed by atoms with E-state index in [9.17, 15) is 18.0 Å². The number of rotatable bonds is 3. The lowest BCUT2D eigenvalue weighted by molar-refractivity contribution is -0.291. The van der Waals surface area contributed by atoms with Gasteiger partial charge in [-0.3, -0.25) is 0 Å². The lowest BCUT2D eigenvalue weighted by Gasteiger charge is -2.08. The quantitative estimate of drug-likeness (QED) is 0.242. The molecule has 0 aliphatic heterocycles. The Hall–Kier alpha value is -2.70. The zero-order valence-electron chi connectivity index (χ0n) is 14.6. The zero-order chi connectivity index (χ0) is 19.8. The number of carbonyl (C=O) groups excluding carboxylic acids is 1. The fourth-order valence-corrected chi connectivity index (χ4v) is 2.14. The summed E-state index contributed by atoms with van der Waals surface area (Å²) < 4.78 is 39.3. The Morgan fingerprint density at radius 2 is 1.62 bits per heavy atom. The maximum absolute atomic E-state index is 12.0. The second-order valence-electron chi connectivity index (χ2n) is 6.39. The van der Waals surface area contributed by atoms with Crippen LogP contribution in [-0.4, -0.2) is 31.0 Å². The van der Waals surface area contributed by atoms with Crippen molar-refractivity contribution in [3.05, 3.63) is 65.7 Å². The molecule has 0 fully saturated rings. The molecule has 0 aliphatic carbocycles. The van der Waals surface area contributed by atoms with Crippen molar-refractivity contribution >= 4 is 19.9 Å². The van der Waals surface area contributed by atoms with Gasteiger partial charge >= 0.3 is 12.3 Å². The van der Waals surface area contributed by atoms with Crippen LogP contribution in [0.5, 0.6) is 0 Å². The van der Waals surface area contributed by atoms with Crippen molar-refractivity contribution in [2.45, 2.75) is 26.0 Å². The van der Waals surface area contributed by atoms with Crippen LogP contribution in [0.25, 0.3) is 16.7 Å². The zero-order valence-corrected chi connectivity index (χ0v) is 15.6. The number of esters is 1. The molecule has 0 spiro atoms. The molecule has 26 heavy (non-hydrogen) atoms. The molecule has 138 valence electrons. The average Bonchev–Trinajstić information content (AvgIpc) is 2.54. The number of hydrogen-bond acceptors (Lipinski definition) is 2. The first-order chi connectivity index (χ1) is 12.0. The molecule has 0 amide bonds. The number of carbonyl (C=O) groups is 1. The second kappa shape index (κ2) is 9.12. The van der Waals surface area contributed by atoms with E-state index in [-0.39, 0.29) is 5.56 Å². The minimum absolute atomic E-state index is 0.140. The summed E-state index contributed by atoms with van der Waals surface area (Å²) in [5, 5.41) is 0. The van der Waals surface area contributed by atoms with Gasteiger partial charge in [-0.15, -0.1) is 13.2 Å². The summed E-state index contributed by atoms with van der Waals surface area (Å²) in [6, 6.07) is 14.9. The minimum atomic E-state index is -4.97. The molecule has 0 bridgehead atoms. The maximum atomic E-state index is 12.0. The number of hydrogen-bond donors (Lipinski definition) is 0. The van der Waals surface area contributed by atoms with Crippen LogP contribution in [0.1, 0.15) is 10.4 Å². The van der Waals surface area contributed by atoms with Crippen LogP contribution in [0, 0.1) is 0 Å². The van der Waals surface area contributed by atoms with Crippen LogP contribution in [0.2, 0.25) is 19.6 Å². The molecule has 4 nitrogen and oxygen atoms in total. The number of ether oxygens (including phenoxy) is 1. The Morgan fingerprint density at radius 1 is 1.04 bits per heavy atom. The highest BCUT2D eigenvalue weighted by Gasteiger charge is 2.34. The van der Waals surface area contributed by atoms with E-state index < -0.39 is 20.4 Å². The smallest absolute Gasteiger partial charge is 0.369 e. The largest absolute Gasteiger partial charge is 0.575 e. The van der Waals surface area contributed by atoms with Gasteiger partial charge in [0.2, 0.25) is 5.84 Å². The van der Waals surface area contributed by atoms with Crippen molar-refractivity contribution in [2.24, 2.45) is 0 Å². The van der Waals surface area contributed by atoms with Crippen LogP contribution in [0.15, 0.2) is 54.6 Å². The van der Waals surface area contributed by atoms with Gasteiger partial charge < -0.3 is 10.3 Å². The fraction of sp³-hybridized carbons (Fsp3) is 0.222. The highest BCUT2D eigenvalue weighted by atomic mass is 28.3. The van der Waals surface area contributed by atoms with Crippen molar-refractivity contribution < 1.29 is 27.5 Å². The van der Waals surface area contributed by atoms with Gasteiger partial charge in [0.25, 0.3) is 0 Å². The number of alkyl halides is 3. The molecule has 0 saturated carbocycles. The van der Waals surface area contributed by atoms with Crippen molar-refractivity contribution in [2.75, 3.05) is 0 Å². The Kier molecular flexibility index (Phi) is 7.49. The fourth-order valence-electron chi connectivity index (χ4n) is 1.79. The normalized spacial score (nSPS) is 10.8. The lowest BCUT2D eigenvalue weighted by Crippen LogP contribution is -2.22. The third-order valence-corrected chi connectivity index (χ3v) is 3.75. The molecule has 2 rings (SSSR count). The summed E-state index contributed by atoms with van der Waals surface area (Å²) in [5.74, 6) is 0.220. The van der Waals surface area contributed by atoms with Gasteiger partial charge in [-0.2, -0.15) is 4.79 Å². The third-order valence-electron chi connectivity index (χ3n) is 2.86. The molecular formula is C18H19F3N2O2Si. The van der Waals surface area contributed by atoms with Gasteiger partial charge in [0.05, 0.1) is 5.56 Å². The van der Waals surface area contributed by atoms with Gasteiger partial charge in [-0.1, -0.05) is 62.1 Å². The summed E-state index contributed by atoms with van der Waals surface area (Å²) in [6.45, 7) is 6.31. The molecular weight excluding hydrogens is 361 g/mol. The van der Waals surface area contributed by atoms with Crippen molar-refractivity contribution in [1.82, 2.24) is 0 Å². The summed E-state index contributed by atoms with van der Waals surface area (Å²) in [5.41, 5.74) is 9.33. The SMILES string of the molecule is C[Si](C)(C)C=[N+]=[N-].O=C(OC(F)(F)F)c1cccc(-c2ccccc2)c1. The van der Waals surface area contributed by atoms with Crippen LogP contribution in [-0.2, 0) is 4.74 Å². The average molecular weight is 380 g/mol. The Bertz CT molecular complexity index is 781. The Morgan fingerprint density at radius 3 is 2.08 bits per heavy atom. The molecule has 2 aromatic carbocycles. The monoisotopic (exact) mass is 380 g/mol. The lowest BCUT2D eigenvalue weighted by atomic mass is 10.0. The molecule has 0 aromatic heterocycles. The van der Waals surface area contributed by atoms with Crippen molar-refractivity contribution in [3.8, 4) is 11.1 Å². The summed E-state index contributed by atoms with van der Waals surface area (Å²) in [6.07, 6.45) is -4.97. The summed E-state index contributed by atoms with van der Waals surface area (Å²) >= 11 is 0. The van der Waals surface area contributed by atoms with Crippen LogP contribution >= 0.6 is 0 Å². The Balaban J connectivity index is 0.000000412. The highest BCUT2D eigenvalue weighted by molar-refractivity contribution is 6.98. The second-order valence-corrected chi connectivity index (χ2v) is 11.4. The molecule has 0 saturated heterocycles. The van der Waals surface area contributed by atoms with E-state index >= 15 is 0 Å². The van der Waals surface area contributed by atoms with Gasteiger partial charge in [0.1, 0.15) is 0 Å². The standard InChI is InChI=1S/C14H9F3O2.C4H10N2Si/c15-14(16,17)19-13(18)12-8-4-7-11(9-12)10-5-2-1-3-6-10;1-7(2,3)4-6-5/h1-9H;4H,1-3H3. The van der Waals surface area contributed by atoms with Crippen LogP contribution < -0.4 is 0 Å². The summed E-state index contributed by atoms with van der Waals surface area (Å²) in [4.78, 5) is 14.2. The molecule has 0 N–H and O–H groups in total. The molecule has 0 radical (unpaired) electrons. The van der Waals surface area contributed by atoms with E-state index in [1.165, 1.54) is 18.2 Å². The number of halogens is 3. The molecule has 0 heterocycles. The molecule has 0 atom stereocenters. The van der Waals surface area contributed by atoms with Gasteiger partial charge in [0.15, 0.2) is 8.07 Å². The van der Waals surface area contributed by atoms with E-state index in [2.05, 4.69) is 29.2 Å². The Labute approximate surface area is 150 Å². The summed E-state index contributed by atoms with van der Waals surface area (Å²) in [7, 11) is -1.20. The van der Waals surface area contributed by atoms with Gasteiger partial charge in [-0.25, -0.2) is 4.79 Å². The van der Waals surface area contributed by atoms with E-state index in [4.69, 9.17) is 5.53 Å². The van der Waals surface area contributed by atoms with E-state index in [1.54, 1.807) is 36.2 Å². The maximum Gasteiger partial charge on any atom is 0.575 e. The van der Waals surface area contributed by atoms with Crippen LogP contribution in [0.4, 0.5) is 13.2 Å². The van der Waals surface area contributed by atoms with E-state index in [0.29, 0.717) is 5.56 Å². The predicted molar refractivity (Wildman–Crippen MR) is 96.4 cm³/mol. The van der Waals surface area contributed by atoms with Gasteiger partial charge in [0, 0.05) is 0 Å². The first kappa shape index (κ1) is 21.3.